The highest BCUT2D eigenvalue weighted by molar-refractivity contribution is 5.31. The van der Waals surface area contributed by atoms with E-state index in [2.05, 4.69) is 39.3 Å². The van der Waals surface area contributed by atoms with E-state index in [-0.39, 0.29) is 5.82 Å². The van der Waals surface area contributed by atoms with E-state index in [9.17, 15) is 4.39 Å². The van der Waals surface area contributed by atoms with Gasteiger partial charge in [0.25, 0.3) is 0 Å². The van der Waals surface area contributed by atoms with Crippen LogP contribution in [0.1, 0.15) is 47.7 Å². The Hall–Kier alpha value is -2.53. The summed E-state index contributed by atoms with van der Waals surface area (Å²) in [6, 6.07) is 15.5. The van der Waals surface area contributed by atoms with E-state index in [1.54, 1.807) is 11.6 Å². The monoisotopic (exact) mass is 391 g/mol. The van der Waals surface area contributed by atoms with Crippen LogP contribution in [0.3, 0.4) is 0 Å². The number of halogens is 1. The second kappa shape index (κ2) is 7.71. The molecule has 2 heterocycles. The number of nitrogens with zero attached hydrogens (tertiary/aromatic N) is 3. The topological polar surface area (TPSA) is 42.2 Å². The van der Waals surface area contributed by atoms with Gasteiger partial charge in [0.1, 0.15) is 5.82 Å². The average molecular weight is 391 g/mol. The minimum Gasteiger partial charge on any atom is -0.338 e. The third-order valence-corrected chi connectivity index (χ3v) is 6.65. The fourth-order valence-corrected chi connectivity index (χ4v) is 4.93. The number of hydrogen-bond acceptors (Lipinski definition) is 4. The maximum atomic E-state index is 13.3. The number of likely N-dealkylation sites (tertiary alicyclic amines) is 1. The number of hydrogen-bond donors (Lipinski definition) is 0. The number of rotatable bonds is 4. The van der Waals surface area contributed by atoms with Gasteiger partial charge in [0, 0.05) is 6.42 Å². The lowest BCUT2D eigenvalue weighted by Crippen LogP contribution is -2.42. The molecule has 1 saturated heterocycles. The molecule has 0 radical (unpaired) electrons. The van der Waals surface area contributed by atoms with Crippen molar-refractivity contribution in [3.63, 3.8) is 0 Å². The van der Waals surface area contributed by atoms with Crippen molar-refractivity contribution in [1.29, 1.82) is 0 Å². The fraction of sp³-hybridized carbons (Fsp3) is 0.417. The summed E-state index contributed by atoms with van der Waals surface area (Å²) in [5, 5.41) is 4.08. The lowest BCUT2D eigenvalue weighted by molar-refractivity contribution is 0.0785. The third kappa shape index (κ3) is 4.10. The normalized spacial score (nSPS) is 18.7. The molecule has 29 heavy (non-hydrogen) atoms. The minimum absolute atomic E-state index is 0.237. The van der Waals surface area contributed by atoms with Gasteiger partial charge in [-0.05, 0) is 79.4 Å². The largest absolute Gasteiger partial charge is 0.338 e. The first kappa shape index (κ1) is 18.5. The highest BCUT2D eigenvalue weighted by Gasteiger charge is 2.37. The van der Waals surface area contributed by atoms with Crippen molar-refractivity contribution in [2.24, 2.45) is 5.41 Å². The molecule has 1 aliphatic carbocycles. The van der Waals surface area contributed by atoms with Crippen LogP contribution < -0.4 is 0 Å². The molecule has 0 unspecified atom stereocenters. The number of benzene rings is 2. The Balaban J connectivity index is 1.17. The van der Waals surface area contributed by atoms with E-state index in [1.807, 2.05) is 6.07 Å². The van der Waals surface area contributed by atoms with Crippen molar-refractivity contribution in [2.75, 3.05) is 13.1 Å². The molecule has 1 aliphatic heterocycles. The Kier molecular flexibility index (Phi) is 4.92. The van der Waals surface area contributed by atoms with Gasteiger partial charge in [-0.25, -0.2) is 4.39 Å². The fourth-order valence-electron chi connectivity index (χ4n) is 4.93. The zero-order valence-corrected chi connectivity index (χ0v) is 16.6. The highest BCUT2D eigenvalue weighted by atomic mass is 19.1. The molecule has 2 aliphatic rings. The van der Waals surface area contributed by atoms with Crippen molar-refractivity contribution < 1.29 is 8.91 Å². The predicted molar refractivity (Wildman–Crippen MR) is 109 cm³/mol. The zero-order chi connectivity index (χ0) is 19.7. The van der Waals surface area contributed by atoms with Gasteiger partial charge < -0.3 is 4.52 Å². The molecule has 2 aromatic carbocycles. The van der Waals surface area contributed by atoms with Crippen LogP contribution in [0.25, 0.3) is 0 Å². The molecule has 3 aromatic rings. The van der Waals surface area contributed by atoms with Gasteiger partial charge in [-0.1, -0.05) is 41.6 Å². The van der Waals surface area contributed by atoms with E-state index >= 15 is 0 Å². The maximum absolute atomic E-state index is 13.3. The average Bonchev–Trinajstić information content (AvgIpc) is 3.16. The van der Waals surface area contributed by atoms with Gasteiger partial charge in [0.2, 0.25) is 5.89 Å². The van der Waals surface area contributed by atoms with Crippen LogP contribution in [0, 0.1) is 11.2 Å². The quantitative estimate of drug-likeness (QED) is 0.653. The van der Waals surface area contributed by atoms with Crippen molar-refractivity contribution >= 4 is 0 Å². The Morgan fingerprint density at radius 1 is 1.00 bits per heavy atom. The summed E-state index contributed by atoms with van der Waals surface area (Å²) in [7, 11) is 0. The van der Waals surface area contributed by atoms with Crippen LogP contribution in [-0.2, 0) is 25.8 Å². The number of aryl methyl sites for hydroxylation is 1. The molecule has 0 N–H and O–H groups in total. The second-order valence-electron chi connectivity index (χ2n) is 8.63. The first-order valence-corrected chi connectivity index (χ1v) is 10.5. The van der Waals surface area contributed by atoms with Crippen LogP contribution in [-0.4, -0.2) is 28.1 Å². The van der Waals surface area contributed by atoms with Gasteiger partial charge >= 0.3 is 0 Å². The third-order valence-electron chi connectivity index (χ3n) is 6.65. The molecule has 0 amide bonds. The van der Waals surface area contributed by atoms with Crippen LogP contribution in [0.2, 0.25) is 0 Å². The Morgan fingerprint density at radius 3 is 2.66 bits per heavy atom. The minimum atomic E-state index is -0.237. The van der Waals surface area contributed by atoms with E-state index in [1.165, 1.54) is 49.8 Å². The molecular formula is C24H26FN3O. The number of fused-ring (bicyclic) bond motifs is 1. The molecular weight excluding hydrogens is 365 g/mol. The molecule has 0 atom stereocenters. The summed E-state index contributed by atoms with van der Waals surface area (Å²) < 4.78 is 18.8. The van der Waals surface area contributed by atoms with Gasteiger partial charge in [0.15, 0.2) is 5.82 Å². The lowest BCUT2D eigenvalue weighted by Gasteiger charge is -2.44. The predicted octanol–water partition coefficient (Wildman–Crippen LogP) is 4.57. The standard InChI is InChI=1S/C24H26FN3O/c25-21-7-3-4-18(14-21)15-22-26-23(29-27-22)17-28-12-10-24(11-13-28)9-8-19-5-1-2-6-20(19)16-24/h1-7,14H,8-13,15-17H2. The summed E-state index contributed by atoms with van der Waals surface area (Å²) >= 11 is 0. The van der Waals surface area contributed by atoms with Crippen LogP contribution in [0.15, 0.2) is 53.1 Å². The smallest absolute Gasteiger partial charge is 0.240 e. The first-order chi connectivity index (χ1) is 14.2. The van der Waals surface area contributed by atoms with Crippen LogP contribution in [0.4, 0.5) is 4.39 Å². The molecule has 150 valence electrons. The lowest BCUT2D eigenvalue weighted by atomic mass is 9.66. The summed E-state index contributed by atoms with van der Waals surface area (Å²) in [5.41, 5.74) is 4.40. The van der Waals surface area contributed by atoms with E-state index in [0.29, 0.717) is 30.1 Å². The molecule has 5 heteroatoms. The number of aromatic nitrogens is 2. The van der Waals surface area contributed by atoms with Crippen molar-refractivity contribution in [2.45, 2.75) is 45.1 Å². The molecule has 0 saturated carbocycles. The van der Waals surface area contributed by atoms with Gasteiger partial charge in [-0.3, -0.25) is 4.90 Å². The highest BCUT2D eigenvalue weighted by Crippen LogP contribution is 2.43. The number of piperidine rings is 1. The second-order valence-corrected chi connectivity index (χ2v) is 8.63. The summed E-state index contributed by atoms with van der Waals surface area (Å²) in [6.45, 7) is 2.84. The SMILES string of the molecule is Fc1cccc(Cc2noc(CN3CCC4(CCc5ccccc5C4)CC3)n2)c1. The molecule has 5 rings (SSSR count). The summed E-state index contributed by atoms with van der Waals surface area (Å²) in [5.74, 6) is 1.03. The van der Waals surface area contributed by atoms with Crippen LogP contribution >= 0.6 is 0 Å². The van der Waals surface area contributed by atoms with Crippen LogP contribution in [0.5, 0.6) is 0 Å². The Morgan fingerprint density at radius 2 is 1.83 bits per heavy atom. The van der Waals surface area contributed by atoms with Crippen molar-refractivity contribution in [3.05, 3.63) is 82.8 Å². The van der Waals surface area contributed by atoms with Crippen molar-refractivity contribution in [3.8, 4) is 0 Å². The van der Waals surface area contributed by atoms with E-state index < -0.39 is 0 Å². The van der Waals surface area contributed by atoms with Gasteiger partial charge in [0.05, 0.1) is 6.54 Å². The van der Waals surface area contributed by atoms with Gasteiger partial charge in [-0.2, -0.15) is 4.98 Å². The maximum Gasteiger partial charge on any atom is 0.240 e. The summed E-state index contributed by atoms with van der Waals surface area (Å²) in [4.78, 5) is 6.94. The van der Waals surface area contributed by atoms with E-state index in [0.717, 1.165) is 18.7 Å². The Bertz CT molecular complexity index is 991. The van der Waals surface area contributed by atoms with Crippen molar-refractivity contribution in [1.82, 2.24) is 15.0 Å². The zero-order valence-electron chi connectivity index (χ0n) is 16.6. The molecule has 0 bridgehead atoms. The Labute approximate surface area is 170 Å². The first-order valence-electron chi connectivity index (χ1n) is 10.5. The van der Waals surface area contributed by atoms with Gasteiger partial charge in [-0.15, -0.1) is 0 Å². The summed E-state index contributed by atoms with van der Waals surface area (Å²) in [6.07, 6.45) is 6.68. The molecule has 1 spiro atoms. The van der Waals surface area contributed by atoms with E-state index in [4.69, 9.17) is 4.52 Å². The molecule has 1 fully saturated rings. The molecule has 1 aromatic heterocycles. The molecule has 4 nitrogen and oxygen atoms in total.